The molecule has 10 heteroatoms. The van der Waals surface area contributed by atoms with Crippen LogP contribution in [-0.4, -0.2) is 17.5 Å². The van der Waals surface area contributed by atoms with Gasteiger partial charge in [0.05, 0.1) is 11.3 Å². The molecule has 4 rings (SSSR count). The first-order chi connectivity index (χ1) is 16.1. The van der Waals surface area contributed by atoms with Crippen molar-refractivity contribution in [3.8, 4) is 0 Å². The van der Waals surface area contributed by atoms with Crippen LogP contribution in [0, 0.1) is 6.92 Å². The molecule has 2 aromatic carbocycles. The third-order valence-corrected chi connectivity index (χ3v) is 5.59. The highest BCUT2D eigenvalue weighted by Gasteiger charge is 2.31. The van der Waals surface area contributed by atoms with E-state index >= 15 is 0 Å². The molecule has 6 nitrogen and oxygen atoms in total. The minimum atomic E-state index is -4.53. The van der Waals surface area contributed by atoms with E-state index in [9.17, 15) is 22.8 Å². The number of hydrogen-bond acceptors (Lipinski definition) is 4. The summed E-state index contributed by atoms with van der Waals surface area (Å²) < 4.78 is 44.7. The largest absolute Gasteiger partial charge is 0.455 e. The fourth-order valence-electron chi connectivity index (χ4n) is 3.77. The fourth-order valence-corrected chi connectivity index (χ4v) is 3.96. The smallest absolute Gasteiger partial charge is 0.416 e. The van der Waals surface area contributed by atoms with E-state index in [0.717, 1.165) is 12.1 Å². The molecular formula is C24H19ClF3N3O3. The lowest BCUT2D eigenvalue weighted by Crippen LogP contribution is -2.22. The molecule has 34 heavy (non-hydrogen) atoms. The molecule has 0 unspecified atom stereocenters. The van der Waals surface area contributed by atoms with E-state index in [2.05, 4.69) is 15.8 Å². The molecule has 2 amide bonds. The number of carbonyl (C=O) groups excluding carboxylic acids is 2. The summed E-state index contributed by atoms with van der Waals surface area (Å²) in [5.74, 6) is -0.591. The first-order valence-electron chi connectivity index (χ1n) is 10.4. The van der Waals surface area contributed by atoms with Crippen molar-refractivity contribution in [1.29, 1.82) is 0 Å². The number of hydrazone groups is 1. The molecule has 1 heterocycles. The van der Waals surface area contributed by atoms with Gasteiger partial charge in [0.1, 0.15) is 5.76 Å². The lowest BCUT2D eigenvalue weighted by Gasteiger charge is -2.13. The van der Waals surface area contributed by atoms with Crippen LogP contribution < -0.4 is 10.7 Å². The summed E-state index contributed by atoms with van der Waals surface area (Å²) in [7, 11) is 0. The van der Waals surface area contributed by atoms with Crippen molar-refractivity contribution in [3.63, 3.8) is 0 Å². The normalized spacial score (nSPS) is 14.6. The topological polar surface area (TPSA) is 83.7 Å². The Bertz CT molecular complexity index is 1300. The number of furan rings is 1. The summed E-state index contributed by atoms with van der Waals surface area (Å²) in [4.78, 5) is 25.2. The first kappa shape index (κ1) is 23.6. The van der Waals surface area contributed by atoms with Crippen molar-refractivity contribution in [1.82, 2.24) is 5.43 Å². The van der Waals surface area contributed by atoms with Crippen LogP contribution >= 0.6 is 11.6 Å². The summed E-state index contributed by atoms with van der Waals surface area (Å²) in [5, 5.41) is 7.12. The van der Waals surface area contributed by atoms with Gasteiger partial charge in [-0.15, -0.1) is 0 Å². The molecule has 0 saturated carbocycles. The Morgan fingerprint density at radius 2 is 1.82 bits per heavy atom. The number of rotatable bonds is 4. The minimum Gasteiger partial charge on any atom is -0.455 e. The first-order valence-corrected chi connectivity index (χ1v) is 10.7. The number of benzene rings is 2. The molecule has 0 bridgehead atoms. The van der Waals surface area contributed by atoms with Crippen molar-refractivity contribution in [2.45, 2.75) is 32.4 Å². The highest BCUT2D eigenvalue weighted by atomic mass is 35.5. The second kappa shape index (κ2) is 9.34. The molecule has 0 fully saturated rings. The zero-order valence-corrected chi connectivity index (χ0v) is 18.7. The van der Waals surface area contributed by atoms with Gasteiger partial charge in [0.2, 0.25) is 0 Å². The number of aryl methyl sites for hydroxylation is 1. The standard InChI is InChI=1S/C24H19ClF3N3O3/c1-13-20-18(30-31-22(32)14-5-2-7-16(25)11-14)9-4-10-19(20)34-21(13)23(33)29-17-8-3-6-15(12-17)24(26,27)28/h2-3,5-8,11-12H,4,9-10H2,1H3,(H,29,33)(H,31,32)/b30-18+. The Morgan fingerprint density at radius 1 is 1.06 bits per heavy atom. The molecule has 1 aromatic heterocycles. The van der Waals surface area contributed by atoms with Crippen molar-refractivity contribution < 1.29 is 27.2 Å². The van der Waals surface area contributed by atoms with E-state index in [4.69, 9.17) is 16.0 Å². The van der Waals surface area contributed by atoms with Crippen LogP contribution in [0.15, 0.2) is 58.0 Å². The van der Waals surface area contributed by atoms with E-state index in [1.165, 1.54) is 18.2 Å². The number of nitrogens with one attached hydrogen (secondary N) is 2. The van der Waals surface area contributed by atoms with Gasteiger partial charge in [0, 0.05) is 33.8 Å². The van der Waals surface area contributed by atoms with Gasteiger partial charge in [-0.25, -0.2) is 5.43 Å². The molecule has 2 N–H and O–H groups in total. The number of amides is 2. The number of nitrogens with zero attached hydrogens (tertiary/aromatic N) is 1. The Kier molecular flexibility index (Phi) is 6.47. The van der Waals surface area contributed by atoms with Crippen LogP contribution in [0.5, 0.6) is 0 Å². The second-order valence-corrected chi connectivity index (χ2v) is 8.19. The molecule has 0 spiro atoms. The number of fused-ring (bicyclic) bond motifs is 1. The third kappa shape index (κ3) is 4.99. The van der Waals surface area contributed by atoms with Gasteiger partial charge < -0.3 is 9.73 Å². The van der Waals surface area contributed by atoms with Gasteiger partial charge >= 0.3 is 6.18 Å². The average molecular weight is 490 g/mol. The molecule has 0 atom stereocenters. The highest BCUT2D eigenvalue weighted by molar-refractivity contribution is 6.31. The van der Waals surface area contributed by atoms with Crippen LogP contribution in [-0.2, 0) is 12.6 Å². The maximum Gasteiger partial charge on any atom is 0.416 e. The lowest BCUT2D eigenvalue weighted by molar-refractivity contribution is -0.137. The second-order valence-electron chi connectivity index (χ2n) is 7.75. The van der Waals surface area contributed by atoms with E-state index < -0.39 is 23.6 Å². The van der Waals surface area contributed by atoms with Gasteiger partial charge in [0.25, 0.3) is 11.8 Å². The van der Waals surface area contributed by atoms with Crippen LogP contribution in [0.25, 0.3) is 0 Å². The summed E-state index contributed by atoms with van der Waals surface area (Å²) in [5.41, 5.74) is 3.64. The van der Waals surface area contributed by atoms with Crippen molar-refractivity contribution in [3.05, 3.63) is 87.3 Å². The SMILES string of the molecule is Cc1c(C(=O)Nc2cccc(C(F)(F)F)c2)oc2c1/C(=N/NC(=O)c1cccc(Cl)c1)CCC2. The average Bonchev–Trinajstić information content (AvgIpc) is 3.14. The molecule has 1 aliphatic carbocycles. The molecule has 176 valence electrons. The number of alkyl halides is 3. The predicted molar refractivity (Wildman–Crippen MR) is 121 cm³/mol. The predicted octanol–water partition coefficient (Wildman–Crippen LogP) is 5.98. The van der Waals surface area contributed by atoms with Gasteiger partial charge in [0.15, 0.2) is 5.76 Å². The maximum atomic E-state index is 13.0. The van der Waals surface area contributed by atoms with E-state index in [1.807, 2.05) is 0 Å². The number of carbonyl (C=O) groups is 2. The van der Waals surface area contributed by atoms with Gasteiger partial charge in [-0.1, -0.05) is 23.7 Å². The van der Waals surface area contributed by atoms with Gasteiger partial charge in [-0.05, 0) is 56.2 Å². The van der Waals surface area contributed by atoms with E-state index in [1.54, 1.807) is 25.1 Å². The third-order valence-electron chi connectivity index (χ3n) is 5.36. The fraction of sp³-hybridized carbons (Fsp3) is 0.208. The molecule has 0 saturated heterocycles. The molecule has 0 radical (unpaired) electrons. The Hall–Kier alpha value is -3.59. The van der Waals surface area contributed by atoms with Crippen LogP contribution in [0.3, 0.4) is 0 Å². The molecule has 0 aliphatic heterocycles. The van der Waals surface area contributed by atoms with Crippen LogP contribution in [0.2, 0.25) is 5.02 Å². The quantitative estimate of drug-likeness (QED) is 0.442. The molecule has 3 aromatic rings. The van der Waals surface area contributed by atoms with Crippen molar-refractivity contribution >= 4 is 34.8 Å². The lowest BCUT2D eigenvalue weighted by atomic mass is 9.93. The monoisotopic (exact) mass is 489 g/mol. The Labute approximate surface area is 197 Å². The number of halogens is 4. The van der Waals surface area contributed by atoms with E-state index in [0.29, 0.717) is 52.4 Å². The summed E-state index contributed by atoms with van der Waals surface area (Å²) in [6.07, 6.45) is -2.71. The van der Waals surface area contributed by atoms with Crippen molar-refractivity contribution in [2.75, 3.05) is 5.32 Å². The number of anilines is 1. The minimum absolute atomic E-state index is 0.00345. The summed E-state index contributed by atoms with van der Waals surface area (Å²) >= 11 is 5.93. The summed E-state index contributed by atoms with van der Waals surface area (Å²) in [6, 6.07) is 10.8. The Balaban J connectivity index is 1.56. The zero-order valence-electron chi connectivity index (χ0n) is 17.9. The summed E-state index contributed by atoms with van der Waals surface area (Å²) in [6.45, 7) is 1.67. The van der Waals surface area contributed by atoms with Crippen LogP contribution in [0.1, 0.15) is 56.2 Å². The van der Waals surface area contributed by atoms with Gasteiger partial charge in [-0.2, -0.15) is 18.3 Å². The Morgan fingerprint density at radius 3 is 2.56 bits per heavy atom. The molecular weight excluding hydrogens is 471 g/mol. The maximum absolute atomic E-state index is 13.0. The highest BCUT2D eigenvalue weighted by Crippen LogP contribution is 2.32. The molecule has 1 aliphatic rings. The zero-order chi connectivity index (χ0) is 24.5. The number of hydrogen-bond donors (Lipinski definition) is 2. The van der Waals surface area contributed by atoms with Crippen molar-refractivity contribution in [2.24, 2.45) is 5.10 Å². The van der Waals surface area contributed by atoms with Gasteiger partial charge in [-0.3, -0.25) is 9.59 Å². The van der Waals surface area contributed by atoms with Crippen LogP contribution in [0.4, 0.5) is 18.9 Å². The van der Waals surface area contributed by atoms with E-state index in [-0.39, 0.29) is 11.4 Å².